The Labute approximate surface area is 139 Å². The van der Waals surface area contributed by atoms with Gasteiger partial charge in [-0.05, 0) is 62.3 Å². The zero-order chi connectivity index (χ0) is 17.0. The summed E-state index contributed by atoms with van der Waals surface area (Å²) in [5.74, 6) is 0. The number of hydrogen-bond acceptors (Lipinski definition) is 3. The summed E-state index contributed by atoms with van der Waals surface area (Å²) in [6, 6.07) is 13.2. The van der Waals surface area contributed by atoms with Crippen LogP contribution in [0.4, 0.5) is 0 Å². The van der Waals surface area contributed by atoms with Gasteiger partial charge in [-0.25, -0.2) is 13.1 Å². The van der Waals surface area contributed by atoms with E-state index in [0.29, 0.717) is 4.90 Å². The van der Waals surface area contributed by atoms with Crippen LogP contribution >= 0.6 is 0 Å². The van der Waals surface area contributed by atoms with Gasteiger partial charge in [-0.2, -0.15) is 0 Å². The van der Waals surface area contributed by atoms with Crippen molar-refractivity contribution in [1.82, 2.24) is 9.62 Å². The molecule has 2 aromatic rings. The van der Waals surface area contributed by atoms with Gasteiger partial charge < -0.3 is 4.90 Å². The lowest BCUT2D eigenvalue weighted by molar-refractivity contribution is 0.402. The molecule has 0 saturated heterocycles. The third-order valence-electron chi connectivity index (χ3n) is 3.78. The maximum atomic E-state index is 12.4. The average Bonchev–Trinajstić information content (AvgIpc) is 2.49. The van der Waals surface area contributed by atoms with Gasteiger partial charge in [0.05, 0.1) is 4.90 Å². The highest BCUT2D eigenvalue weighted by molar-refractivity contribution is 7.89. The fraction of sp³-hybridized carbons (Fsp3) is 0.333. The first-order valence-electron chi connectivity index (χ1n) is 7.57. The Balaban J connectivity index is 2.05. The Bertz CT molecular complexity index is 766. The zero-order valence-electron chi connectivity index (χ0n) is 14.1. The summed E-state index contributed by atoms with van der Waals surface area (Å²) in [7, 11) is 0.554. The van der Waals surface area contributed by atoms with Gasteiger partial charge in [-0.1, -0.05) is 30.3 Å². The Hall–Kier alpha value is -1.69. The first-order valence-corrected chi connectivity index (χ1v) is 9.06. The molecule has 0 bridgehead atoms. The highest BCUT2D eigenvalue weighted by Gasteiger charge is 2.14. The molecule has 0 aliphatic carbocycles. The van der Waals surface area contributed by atoms with E-state index in [1.807, 2.05) is 58.3 Å². The minimum absolute atomic E-state index is 0.289. The van der Waals surface area contributed by atoms with Crippen molar-refractivity contribution in [1.29, 1.82) is 0 Å². The first kappa shape index (κ1) is 17.7. The van der Waals surface area contributed by atoms with E-state index in [9.17, 15) is 8.42 Å². The molecular formula is C18H24N2O2S. The highest BCUT2D eigenvalue weighted by atomic mass is 32.2. The van der Waals surface area contributed by atoms with Crippen molar-refractivity contribution in [3.8, 4) is 0 Å². The van der Waals surface area contributed by atoms with Crippen LogP contribution < -0.4 is 4.72 Å². The van der Waals surface area contributed by atoms with Gasteiger partial charge in [0.25, 0.3) is 0 Å². The molecule has 2 rings (SSSR count). The molecule has 0 aliphatic heterocycles. The van der Waals surface area contributed by atoms with Crippen molar-refractivity contribution in [2.45, 2.75) is 31.8 Å². The van der Waals surface area contributed by atoms with Crippen LogP contribution in [0.3, 0.4) is 0 Å². The third kappa shape index (κ3) is 4.89. The fourth-order valence-corrected chi connectivity index (χ4v) is 3.37. The molecule has 0 unspecified atom stereocenters. The van der Waals surface area contributed by atoms with E-state index in [1.165, 1.54) is 5.56 Å². The van der Waals surface area contributed by atoms with Crippen LogP contribution in [-0.2, 0) is 23.1 Å². The normalized spacial score (nSPS) is 11.9. The minimum atomic E-state index is -3.49. The SMILES string of the molecule is Cc1ccc(S(=O)(=O)NCc2ccc(CN(C)C)cc2)cc1C. The monoisotopic (exact) mass is 332 g/mol. The summed E-state index contributed by atoms with van der Waals surface area (Å²) < 4.78 is 27.4. The van der Waals surface area contributed by atoms with Crippen molar-refractivity contribution in [2.24, 2.45) is 0 Å². The van der Waals surface area contributed by atoms with Crippen molar-refractivity contribution in [3.63, 3.8) is 0 Å². The lowest BCUT2D eigenvalue weighted by atomic mass is 10.1. The Kier molecular flexibility index (Phi) is 5.57. The van der Waals surface area contributed by atoms with Crippen LogP contribution in [0.1, 0.15) is 22.3 Å². The smallest absolute Gasteiger partial charge is 0.240 e. The number of aryl methyl sites for hydroxylation is 2. The maximum absolute atomic E-state index is 12.4. The van der Waals surface area contributed by atoms with Gasteiger partial charge in [0.15, 0.2) is 0 Å². The topological polar surface area (TPSA) is 49.4 Å². The Morgan fingerprint density at radius 3 is 2.09 bits per heavy atom. The van der Waals surface area contributed by atoms with Crippen LogP contribution in [0.5, 0.6) is 0 Å². The second-order valence-electron chi connectivity index (χ2n) is 6.12. The second kappa shape index (κ2) is 7.25. The second-order valence-corrected chi connectivity index (χ2v) is 7.89. The largest absolute Gasteiger partial charge is 0.305 e. The summed E-state index contributed by atoms with van der Waals surface area (Å²) in [5.41, 5.74) is 4.21. The van der Waals surface area contributed by atoms with E-state index >= 15 is 0 Å². The van der Waals surface area contributed by atoms with Crippen LogP contribution in [0, 0.1) is 13.8 Å². The summed E-state index contributed by atoms with van der Waals surface area (Å²) in [4.78, 5) is 2.40. The van der Waals surface area contributed by atoms with Crippen molar-refractivity contribution in [2.75, 3.05) is 14.1 Å². The number of sulfonamides is 1. The third-order valence-corrected chi connectivity index (χ3v) is 5.18. The molecule has 0 spiro atoms. The minimum Gasteiger partial charge on any atom is -0.305 e. The fourth-order valence-electron chi connectivity index (χ4n) is 2.27. The van der Waals surface area contributed by atoms with Gasteiger partial charge >= 0.3 is 0 Å². The molecule has 0 amide bonds. The lowest BCUT2D eigenvalue weighted by Gasteiger charge is -2.11. The van der Waals surface area contributed by atoms with E-state index < -0.39 is 10.0 Å². The molecular weight excluding hydrogens is 308 g/mol. The van der Waals surface area contributed by atoms with Crippen molar-refractivity contribution >= 4 is 10.0 Å². The first-order chi connectivity index (χ1) is 10.8. The molecule has 4 nitrogen and oxygen atoms in total. The predicted octanol–water partition coefficient (Wildman–Crippen LogP) is 2.84. The molecule has 0 aliphatic rings. The molecule has 0 saturated carbocycles. The summed E-state index contributed by atoms with van der Waals surface area (Å²) in [6.07, 6.45) is 0. The summed E-state index contributed by atoms with van der Waals surface area (Å²) in [5, 5.41) is 0. The molecule has 0 radical (unpaired) electrons. The van der Waals surface area contributed by atoms with Crippen molar-refractivity contribution in [3.05, 3.63) is 64.7 Å². The van der Waals surface area contributed by atoms with Crippen LogP contribution in [0.25, 0.3) is 0 Å². The molecule has 0 aromatic heterocycles. The molecule has 23 heavy (non-hydrogen) atoms. The molecule has 1 N–H and O–H groups in total. The molecule has 0 heterocycles. The number of hydrogen-bond donors (Lipinski definition) is 1. The van der Waals surface area contributed by atoms with Gasteiger partial charge in [0.1, 0.15) is 0 Å². The van der Waals surface area contributed by atoms with E-state index in [4.69, 9.17) is 0 Å². The molecule has 0 fully saturated rings. The number of nitrogens with one attached hydrogen (secondary N) is 1. The standard InChI is InChI=1S/C18H24N2O2S/c1-14-5-10-18(11-15(14)2)23(21,22)19-12-16-6-8-17(9-7-16)13-20(3)4/h5-11,19H,12-13H2,1-4H3. The van der Waals surface area contributed by atoms with E-state index in [1.54, 1.807) is 12.1 Å². The zero-order valence-corrected chi connectivity index (χ0v) is 14.9. The van der Waals surface area contributed by atoms with Crippen LogP contribution in [0.15, 0.2) is 47.4 Å². The average molecular weight is 332 g/mol. The van der Waals surface area contributed by atoms with Crippen molar-refractivity contribution < 1.29 is 8.42 Å². The van der Waals surface area contributed by atoms with Gasteiger partial charge in [0.2, 0.25) is 10.0 Å². The lowest BCUT2D eigenvalue weighted by Crippen LogP contribution is -2.23. The predicted molar refractivity (Wildman–Crippen MR) is 93.8 cm³/mol. The van der Waals surface area contributed by atoms with Crippen LogP contribution in [0.2, 0.25) is 0 Å². The maximum Gasteiger partial charge on any atom is 0.240 e. The van der Waals surface area contributed by atoms with E-state index in [-0.39, 0.29) is 6.54 Å². The highest BCUT2D eigenvalue weighted by Crippen LogP contribution is 2.15. The Morgan fingerprint density at radius 1 is 0.913 bits per heavy atom. The van der Waals surface area contributed by atoms with E-state index in [2.05, 4.69) is 9.62 Å². The Morgan fingerprint density at radius 2 is 1.52 bits per heavy atom. The molecule has 5 heteroatoms. The van der Waals surface area contributed by atoms with Gasteiger partial charge in [-0.3, -0.25) is 0 Å². The molecule has 0 atom stereocenters. The molecule has 2 aromatic carbocycles. The van der Waals surface area contributed by atoms with Gasteiger partial charge in [-0.15, -0.1) is 0 Å². The number of nitrogens with zero attached hydrogens (tertiary/aromatic N) is 1. The quantitative estimate of drug-likeness (QED) is 0.885. The van der Waals surface area contributed by atoms with Gasteiger partial charge in [0, 0.05) is 13.1 Å². The van der Waals surface area contributed by atoms with E-state index in [0.717, 1.165) is 23.2 Å². The summed E-state index contributed by atoms with van der Waals surface area (Å²) >= 11 is 0. The number of benzene rings is 2. The molecule has 124 valence electrons. The van der Waals surface area contributed by atoms with Crippen LogP contribution in [-0.4, -0.2) is 27.4 Å². The number of rotatable bonds is 6. The summed E-state index contributed by atoms with van der Waals surface area (Å²) in [6.45, 7) is 5.04.